The first-order valence-corrected chi connectivity index (χ1v) is 4.84. The summed E-state index contributed by atoms with van der Waals surface area (Å²) in [6.07, 6.45) is 4.71. The molecule has 12 heavy (non-hydrogen) atoms. The molecule has 0 aliphatic heterocycles. The maximum atomic E-state index is 5.35. The molecule has 1 nitrogen and oxygen atoms in total. The molecule has 0 aromatic carbocycles. The summed E-state index contributed by atoms with van der Waals surface area (Å²) in [7, 11) is 0. The van der Waals surface area contributed by atoms with Crippen molar-refractivity contribution in [2.45, 2.75) is 52.6 Å². The molecule has 0 bridgehead atoms. The number of hydrogen-bond acceptors (Lipinski definition) is 1. The Morgan fingerprint density at radius 2 is 1.83 bits per heavy atom. The van der Waals surface area contributed by atoms with E-state index in [0.29, 0.717) is 6.10 Å². The third kappa shape index (κ3) is 9.52. The lowest BCUT2D eigenvalue weighted by Crippen LogP contribution is -2.02. The summed E-state index contributed by atoms with van der Waals surface area (Å²) in [4.78, 5) is 0. The summed E-state index contributed by atoms with van der Waals surface area (Å²) in [5, 5.41) is 0. The van der Waals surface area contributed by atoms with Crippen molar-refractivity contribution in [3.8, 4) is 11.8 Å². The van der Waals surface area contributed by atoms with Gasteiger partial charge in [-0.25, -0.2) is 0 Å². The van der Waals surface area contributed by atoms with Crippen LogP contribution in [-0.4, -0.2) is 12.7 Å². The van der Waals surface area contributed by atoms with Crippen LogP contribution in [0.15, 0.2) is 0 Å². The molecule has 0 aromatic rings. The second-order valence-corrected chi connectivity index (χ2v) is 3.13. The lowest BCUT2D eigenvalue weighted by Gasteiger charge is -2.03. The predicted molar refractivity (Wildman–Crippen MR) is 53.0 cm³/mol. The normalized spacial score (nSPS) is 9.67. The highest BCUT2D eigenvalue weighted by atomic mass is 16.5. The van der Waals surface area contributed by atoms with Gasteiger partial charge in [0.05, 0.1) is 12.7 Å². The maximum Gasteiger partial charge on any atom is 0.0579 e. The van der Waals surface area contributed by atoms with E-state index in [1.54, 1.807) is 0 Å². The highest BCUT2D eigenvalue weighted by Gasteiger charge is 1.88. The Labute approximate surface area is 76.5 Å². The summed E-state index contributed by atoms with van der Waals surface area (Å²) in [5.41, 5.74) is 0. The Hall–Kier alpha value is -0.480. The summed E-state index contributed by atoms with van der Waals surface area (Å²) in [6, 6.07) is 0. The average molecular weight is 168 g/mol. The van der Waals surface area contributed by atoms with Crippen LogP contribution < -0.4 is 0 Å². The molecule has 0 amide bonds. The van der Waals surface area contributed by atoms with E-state index < -0.39 is 0 Å². The van der Waals surface area contributed by atoms with E-state index >= 15 is 0 Å². The van der Waals surface area contributed by atoms with E-state index in [1.165, 1.54) is 12.8 Å². The van der Waals surface area contributed by atoms with E-state index in [9.17, 15) is 0 Å². The van der Waals surface area contributed by atoms with Gasteiger partial charge in [-0.2, -0.15) is 0 Å². The van der Waals surface area contributed by atoms with Crippen LogP contribution in [0, 0.1) is 11.8 Å². The van der Waals surface area contributed by atoms with Crippen molar-refractivity contribution in [3.05, 3.63) is 0 Å². The standard InChI is InChI=1S/C11H20O/c1-4-5-6-7-8-9-10-12-11(2)3/h11H,4-6,9-10H2,1-3H3. The molecule has 0 fully saturated rings. The van der Waals surface area contributed by atoms with Crippen molar-refractivity contribution in [2.24, 2.45) is 0 Å². The van der Waals surface area contributed by atoms with Crippen molar-refractivity contribution in [2.75, 3.05) is 6.61 Å². The minimum atomic E-state index is 0.336. The molecular weight excluding hydrogens is 148 g/mol. The molecule has 0 aliphatic rings. The van der Waals surface area contributed by atoms with E-state index in [1.807, 2.05) is 13.8 Å². The van der Waals surface area contributed by atoms with Gasteiger partial charge in [0.25, 0.3) is 0 Å². The van der Waals surface area contributed by atoms with Crippen LogP contribution in [0.4, 0.5) is 0 Å². The average Bonchev–Trinajstić information content (AvgIpc) is 2.02. The van der Waals surface area contributed by atoms with Crippen molar-refractivity contribution in [1.29, 1.82) is 0 Å². The van der Waals surface area contributed by atoms with Crippen molar-refractivity contribution < 1.29 is 4.74 Å². The van der Waals surface area contributed by atoms with Gasteiger partial charge in [0.15, 0.2) is 0 Å². The van der Waals surface area contributed by atoms with Gasteiger partial charge >= 0.3 is 0 Å². The van der Waals surface area contributed by atoms with E-state index in [-0.39, 0.29) is 0 Å². The Morgan fingerprint density at radius 1 is 1.17 bits per heavy atom. The smallest absolute Gasteiger partial charge is 0.0579 e. The molecule has 70 valence electrons. The number of hydrogen-bond donors (Lipinski definition) is 0. The molecule has 1 heteroatoms. The second-order valence-electron chi connectivity index (χ2n) is 3.13. The van der Waals surface area contributed by atoms with Gasteiger partial charge in [-0.1, -0.05) is 13.3 Å². The van der Waals surface area contributed by atoms with Crippen LogP contribution in [0.5, 0.6) is 0 Å². The third-order valence-electron chi connectivity index (χ3n) is 1.46. The molecule has 0 spiro atoms. The molecule has 0 saturated carbocycles. The van der Waals surface area contributed by atoms with Gasteiger partial charge in [0, 0.05) is 12.8 Å². The predicted octanol–water partition coefficient (Wildman–Crippen LogP) is 3.00. The fourth-order valence-corrected chi connectivity index (χ4v) is 0.788. The monoisotopic (exact) mass is 168 g/mol. The van der Waals surface area contributed by atoms with E-state index in [0.717, 1.165) is 19.4 Å². The summed E-state index contributed by atoms with van der Waals surface area (Å²) in [6.45, 7) is 7.05. The molecule has 0 heterocycles. The van der Waals surface area contributed by atoms with Crippen LogP contribution in [0.25, 0.3) is 0 Å². The van der Waals surface area contributed by atoms with Gasteiger partial charge in [0.2, 0.25) is 0 Å². The van der Waals surface area contributed by atoms with Crippen molar-refractivity contribution >= 4 is 0 Å². The van der Waals surface area contributed by atoms with Crippen LogP contribution >= 0.6 is 0 Å². The molecule has 0 aromatic heterocycles. The zero-order valence-corrected chi connectivity index (χ0v) is 8.52. The summed E-state index contributed by atoms with van der Waals surface area (Å²) >= 11 is 0. The lowest BCUT2D eigenvalue weighted by atomic mass is 10.2. The van der Waals surface area contributed by atoms with Gasteiger partial charge in [0.1, 0.15) is 0 Å². The van der Waals surface area contributed by atoms with Crippen LogP contribution in [0.2, 0.25) is 0 Å². The molecule has 0 N–H and O–H groups in total. The topological polar surface area (TPSA) is 9.23 Å². The Bertz CT molecular complexity index is 139. The molecule has 0 atom stereocenters. The number of unbranched alkanes of at least 4 members (excludes halogenated alkanes) is 2. The summed E-state index contributed by atoms with van der Waals surface area (Å²) in [5.74, 6) is 6.23. The number of ether oxygens (including phenoxy) is 1. The fraction of sp³-hybridized carbons (Fsp3) is 0.818. The highest BCUT2D eigenvalue weighted by molar-refractivity contribution is 4.98. The van der Waals surface area contributed by atoms with Crippen molar-refractivity contribution in [3.63, 3.8) is 0 Å². The first kappa shape index (κ1) is 11.5. The molecular formula is C11H20O. The molecule has 0 radical (unpaired) electrons. The summed E-state index contributed by atoms with van der Waals surface area (Å²) < 4.78 is 5.35. The Balaban J connectivity index is 3.10. The minimum Gasteiger partial charge on any atom is -0.378 e. The minimum absolute atomic E-state index is 0.336. The Morgan fingerprint density at radius 3 is 2.42 bits per heavy atom. The van der Waals surface area contributed by atoms with Gasteiger partial charge in [-0.15, -0.1) is 11.8 Å². The first-order valence-electron chi connectivity index (χ1n) is 4.84. The third-order valence-corrected chi connectivity index (χ3v) is 1.46. The van der Waals surface area contributed by atoms with Crippen LogP contribution in [0.1, 0.15) is 46.5 Å². The largest absolute Gasteiger partial charge is 0.378 e. The van der Waals surface area contributed by atoms with Gasteiger partial charge < -0.3 is 4.74 Å². The SMILES string of the molecule is CCCCC#CCCOC(C)C. The molecule has 0 saturated heterocycles. The van der Waals surface area contributed by atoms with E-state index in [2.05, 4.69) is 18.8 Å². The zero-order valence-electron chi connectivity index (χ0n) is 8.52. The maximum absolute atomic E-state index is 5.35. The number of rotatable bonds is 5. The zero-order chi connectivity index (χ0) is 9.23. The van der Waals surface area contributed by atoms with Crippen molar-refractivity contribution in [1.82, 2.24) is 0 Å². The lowest BCUT2D eigenvalue weighted by molar-refractivity contribution is 0.0836. The highest BCUT2D eigenvalue weighted by Crippen LogP contribution is 1.92. The van der Waals surface area contributed by atoms with E-state index in [4.69, 9.17) is 4.74 Å². The van der Waals surface area contributed by atoms with Gasteiger partial charge in [-0.3, -0.25) is 0 Å². The molecule has 0 aliphatic carbocycles. The van der Waals surface area contributed by atoms with Gasteiger partial charge in [-0.05, 0) is 20.3 Å². The second kappa shape index (κ2) is 8.62. The first-order chi connectivity index (χ1) is 5.77. The quantitative estimate of drug-likeness (QED) is 0.453. The molecule has 0 rings (SSSR count). The molecule has 0 unspecified atom stereocenters. The fourth-order valence-electron chi connectivity index (χ4n) is 0.788. The van der Waals surface area contributed by atoms with Crippen LogP contribution in [0.3, 0.4) is 0 Å². The Kier molecular flexibility index (Phi) is 8.27. The van der Waals surface area contributed by atoms with Crippen LogP contribution in [-0.2, 0) is 4.74 Å².